The van der Waals surface area contributed by atoms with Crippen LogP contribution in [0.2, 0.25) is 0 Å². The smallest absolute Gasteiger partial charge is 0.0678 e. The van der Waals surface area contributed by atoms with Crippen LogP contribution in [0.3, 0.4) is 0 Å². The van der Waals surface area contributed by atoms with E-state index in [4.69, 9.17) is 4.74 Å². The first-order valence-electron chi connectivity index (χ1n) is 12.2. The fourth-order valence-electron chi connectivity index (χ4n) is 4.94. The molecule has 2 unspecified atom stereocenters. The zero-order valence-electron chi connectivity index (χ0n) is 20.8. The van der Waals surface area contributed by atoms with Crippen LogP contribution in [0.4, 0.5) is 0 Å². The Labute approximate surface area is 191 Å². The van der Waals surface area contributed by atoms with Gasteiger partial charge in [0, 0.05) is 19.6 Å². The number of ether oxygens (including phenoxy) is 1. The molecule has 3 rings (SSSR count). The van der Waals surface area contributed by atoms with Gasteiger partial charge >= 0.3 is 0 Å². The van der Waals surface area contributed by atoms with Crippen molar-refractivity contribution >= 4 is 0 Å². The first-order valence-corrected chi connectivity index (χ1v) is 12.2. The van der Waals surface area contributed by atoms with E-state index in [9.17, 15) is 0 Å². The maximum Gasteiger partial charge on any atom is 0.0678 e. The molecule has 0 radical (unpaired) electrons. The third kappa shape index (κ3) is 7.19. The maximum absolute atomic E-state index is 5.87. The van der Waals surface area contributed by atoms with Crippen molar-refractivity contribution in [2.45, 2.75) is 84.8 Å². The van der Waals surface area contributed by atoms with Gasteiger partial charge < -0.3 is 4.74 Å². The second-order valence-electron chi connectivity index (χ2n) is 11.1. The number of nitrogens with zero attached hydrogens (tertiary/aromatic N) is 1. The van der Waals surface area contributed by atoms with Crippen LogP contribution in [0, 0.1) is 5.92 Å². The van der Waals surface area contributed by atoms with E-state index >= 15 is 0 Å². The molecule has 2 aromatic carbocycles. The Hall–Kier alpha value is -1.64. The minimum absolute atomic E-state index is 0.218. The van der Waals surface area contributed by atoms with Crippen LogP contribution in [-0.4, -0.2) is 36.7 Å². The fourth-order valence-corrected chi connectivity index (χ4v) is 4.94. The largest absolute Gasteiger partial charge is 0.373 e. The summed E-state index contributed by atoms with van der Waals surface area (Å²) in [6, 6.07) is 18.6. The summed E-state index contributed by atoms with van der Waals surface area (Å²) in [5, 5.41) is 0. The van der Waals surface area contributed by atoms with Crippen LogP contribution >= 0.6 is 0 Å². The molecule has 2 aromatic rings. The average molecular weight is 422 g/mol. The second kappa shape index (κ2) is 10.3. The summed E-state index contributed by atoms with van der Waals surface area (Å²) in [6.07, 6.45) is 2.93. The minimum Gasteiger partial charge on any atom is -0.373 e. The molecule has 1 aliphatic heterocycles. The molecule has 31 heavy (non-hydrogen) atoms. The van der Waals surface area contributed by atoms with Crippen molar-refractivity contribution < 1.29 is 4.74 Å². The van der Waals surface area contributed by atoms with Gasteiger partial charge in [-0.1, -0.05) is 83.1 Å². The van der Waals surface area contributed by atoms with Crippen molar-refractivity contribution in [3.8, 4) is 0 Å². The zero-order valence-corrected chi connectivity index (χ0v) is 20.8. The summed E-state index contributed by atoms with van der Waals surface area (Å²) in [4.78, 5) is 2.57. The maximum atomic E-state index is 5.87. The van der Waals surface area contributed by atoms with E-state index in [0.717, 1.165) is 32.5 Å². The standard InChI is InChI=1S/C29H43NO/c1-21(18-30-19-23(3)31-24(4)20-30)16-25-8-12-27(13-9-25)22(2)17-26-10-14-28(15-11-26)29(5,6)7/h8-15,21-24H,16-20H2,1-7H3/t21?,22?,23-,24+. The molecule has 170 valence electrons. The van der Waals surface area contributed by atoms with Crippen LogP contribution in [0.5, 0.6) is 0 Å². The van der Waals surface area contributed by atoms with Crippen LogP contribution in [0.1, 0.15) is 76.6 Å². The van der Waals surface area contributed by atoms with Crippen molar-refractivity contribution in [3.05, 3.63) is 70.8 Å². The number of hydrogen-bond donors (Lipinski definition) is 0. The molecule has 1 heterocycles. The molecule has 0 amide bonds. The molecule has 1 fully saturated rings. The Kier molecular flexibility index (Phi) is 7.99. The lowest BCUT2D eigenvalue weighted by atomic mass is 9.85. The highest BCUT2D eigenvalue weighted by Crippen LogP contribution is 2.25. The molecular weight excluding hydrogens is 378 g/mol. The quantitative estimate of drug-likeness (QED) is 0.498. The Morgan fingerprint density at radius 3 is 1.90 bits per heavy atom. The van der Waals surface area contributed by atoms with Gasteiger partial charge in [-0.15, -0.1) is 0 Å². The van der Waals surface area contributed by atoms with Gasteiger partial charge in [0.2, 0.25) is 0 Å². The van der Waals surface area contributed by atoms with Crippen LogP contribution < -0.4 is 0 Å². The van der Waals surface area contributed by atoms with Gasteiger partial charge in [0.1, 0.15) is 0 Å². The Morgan fingerprint density at radius 2 is 1.35 bits per heavy atom. The first kappa shape index (κ1) is 24.0. The van der Waals surface area contributed by atoms with Gasteiger partial charge in [-0.2, -0.15) is 0 Å². The summed E-state index contributed by atoms with van der Waals surface area (Å²) < 4.78 is 5.87. The van der Waals surface area contributed by atoms with Crippen LogP contribution in [0.15, 0.2) is 48.5 Å². The van der Waals surface area contributed by atoms with E-state index < -0.39 is 0 Å². The molecule has 2 heteroatoms. The summed E-state index contributed by atoms with van der Waals surface area (Å²) in [7, 11) is 0. The number of benzene rings is 2. The lowest BCUT2D eigenvalue weighted by Crippen LogP contribution is -2.47. The number of hydrogen-bond acceptors (Lipinski definition) is 2. The number of rotatable bonds is 7. The van der Waals surface area contributed by atoms with E-state index in [0.29, 0.717) is 24.0 Å². The lowest BCUT2D eigenvalue weighted by Gasteiger charge is -2.36. The molecule has 0 saturated carbocycles. The monoisotopic (exact) mass is 421 g/mol. The van der Waals surface area contributed by atoms with Crippen molar-refractivity contribution in [2.75, 3.05) is 19.6 Å². The molecule has 1 aliphatic rings. The van der Waals surface area contributed by atoms with Crippen molar-refractivity contribution in [2.24, 2.45) is 5.92 Å². The van der Waals surface area contributed by atoms with E-state index in [1.54, 1.807) is 0 Å². The predicted molar refractivity (Wildman–Crippen MR) is 133 cm³/mol. The van der Waals surface area contributed by atoms with E-state index in [-0.39, 0.29) is 5.41 Å². The van der Waals surface area contributed by atoms with Crippen molar-refractivity contribution in [1.82, 2.24) is 4.90 Å². The minimum atomic E-state index is 0.218. The van der Waals surface area contributed by atoms with E-state index in [2.05, 4.69) is 102 Å². The molecule has 4 atom stereocenters. The van der Waals surface area contributed by atoms with Crippen molar-refractivity contribution in [3.63, 3.8) is 0 Å². The molecule has 0 spiro atoms. The van der Waals surface area contributed by atoms with Crippen LogP contribution in [0.25, 0.3) is 0 Å². The normalized spacial score (nSPS) is 22.3. The third-order valence-corrected chi connectivity index (χ3v) is 6.56. The summed E-state index contributed by atoms with van der Waals surface area (Å²) in [6.45, 7) is 19.2. The average Bonchev–Trinajstić information content (AvgIpc) is 2.67. The second-order valence-corrected chi connectivity index (χ2v) is 11.1. The van der Waals surface area contributed by atoms with Gasteiger partial charge in [-0.3, -0.25) is 4.90 Å². The molecule has 2 nitrogen and oxygen atoms in total. The molecule has 0 bridgehead atoms. The Balaban J connectivity index is 1.52. The zero-order chi connectivity index (χ0) is 22.6. The molecular formula is C29H43NO. The molecule has 0 N–H and O–H groups in total. The summed E-state index contributed by atoms with van der Waals surface area (Å²) in [5.41, 5.74) is 5.94. The third-order valence-electron chi connectivity index (χ3n) is 6.56. The summed E-state index contributed by atoms with van der Waals surface area (Å²) in [5.74, 6) is 1.19. The Morgan fingerprint density at radius 1 is 0.839 bits per heavy atom. The van der Waals surface area contributed by atoms with Crippen LogP contribution in [-0.2, 0) is 23.0 Å². The highest BCUT2D eigenvalue weighted by Gasteiger charge is 2.23. The Bertz CT molecular complexity index is 792. The molecule has 0 aliphatic carbocycles. The fraction of sp³-hybridized carbons (Fsp3) is 0.586. The van der Waals surface area contributed by atoms with Gasteiger partial charge in [0.05, 0.1) is 12.2 Å². The predicted octanol–water partition coefficient (Wildman–Crippen LogP) is 6.62. The van der Waals surface area contributed by atoms with E-state index in [1.807, 2.05) is 0 Å². The molecule has 1 saturated heterocycles. The topological polar surface area (TPSA) is 12.5 Å². The van der Waals surface area contributed by atoms with Gasteiger partial charge in [-0.25, -0.2) is 0 Å². The van der Waals surface area contributed by atoms with Gasteiger partial charge in [0.25, 0.3) is 0 Å². The van der Waals surface area contributed by atoms with Gasteiger partial charge in [-0.05, 0) is 66.2 Å². The molecule has 0 aromatic heterocycles. The first-order chi connectivity index (χ1) is 14.6. The highest BCUT2D eigenvalue weighted by molar-refractivity contribution is 5.31. The van der Waals surface area contributed by atoms with Gasteiger partial charge in [0.15, 0.2) is 0 Å². The summed E-state index contributed by atoms with van der Waals surface area (Å²) >= 11 is 0. The lowest BCUT2D eigenvalue weighted by molar-refractivity contribution is -0.0708. The van der Waals surface area contributed by atoms with E-state index in [1.165, 1.54) is 22.3 Å². The highest BCUT2D eigenvalue weighted by atomic mass is 16.5. The number of morpholine rings is 1. The SMILES string of the molecule is CC(Cc1ccc(C(C)Cc2ccc(C(C)(C)C)cc2)cc1)CN1C[C@@H](C)O[C@@H](C)C1. The van der Waals surface area contributed by atoms with Crippen molar-refractivity contribution in [1.29, 1.82) is 0 Å².